The standard InChI is InChI=1S/C25H29F2N5/c1-16(20-7-10-32-24(11-20)21(14-29-32)12-25(26)27)23-13-22(15-28-18(23)3)30-17(2)19-5-8-31(4)9-6-19/h7,10-11,13-15,19,25,30H,1-2,5-6,8-9,12H2,3-4H3. The summed E-state index contributed by atoms with van der Waals surface area (Å²) in [6.07, 6.45) is 4.53. The van der Waals surface area contributed by atoms with Crippen LogP contribution in [0.4, 0.5) is 14.5 Å². The molecule has 4 heterocycles. The molecule has 0 radical (unpaired) electrons. The zero-order chi connectivity index (χ0) is 22.8. The van der Waals surface area contributed by atoms with Gasteiger partial charge < -0.3 is 10.2 Å². The third kappa shape index (κ3) is 4.72. The molecule has 1 N–H and O–H groups in total. The van der Waals surface area contributed by atoms with Crippen molar-refractivity contribution in [3.05, 3.63) is 78.0 Å². The highest BCUT2D eigenvalue weighted by atomic mass is 19.3. The quantitative estimate of drug-likeness (QED) is 0.554. The first-order chi connectivity index (χ1) is 15.3. The second-order valence-corrected chi connectivity index (χ2v) is 8.57. The highest BCUT2D eigenvalue weighted by Crippen LogP contribution is 2.29. The number of aromatic nitrogens is 3. The fourth-order valence-electron chi connectivity index (χ4n) is 4.25. The zero-order valence-corrected chi connectivity index (χ0v) is 18.6. The van der Waals surface area contributed by atoms with E-state index in [1.807, 2.05) is 31.3 Å². The number of hydrogen-bond donors (Lipinski definition) is 1. The molecule has 0 amide bonds. The Morgan fingerprint density at radius 2 is 1.97 bits per heavy atom. The summed E-state index contributed by atoms with van der Waals surface area (Å²) in [6.45, 7) is 12.6. The van der Waals surface area contributed by atoms with Gasteiger partial charge in [0.15, 0.2) is 0 Å². The van der Waals surface area contributed by atoms with Gasteiger partial charge in [0.25, 0.3) is 0 Å². The van der Waals surface area contributed by atoms with Gasteiger partial charge in [-0.15, -0.1) is 0 Å². The zero-order valence-electron chi connectivity index (χ0n) is 18.6. The Kier molecular flexibility index (Phi) is 6.37. The predicted molar refractivity (Wildman–Crippen MR) is 125 cm³/mol. The van der Waals surface area contributed by atoms with Crippen LogP contribution in [0.15, 0.2) is 55.6 Å². The number of hydrogen-bond acceptors (Lipinski definition) is 4. The Balaban J connectivity index is 1.56. The first kappa shape index (κ1) is 22.1. The number of likely N-dealkylation sites (tertiary alicyclic amines) is 1. The number of piperidine rings is 1. The predicted octanol–water partition coefficient (Wildman–Crippen LogP) is 5.17. The molecule has 32 heavy (non-hydrogen) atoms. The third-order valence-electron chi connectivity index (χ3n) is 6.25. The van der Waals surface area contributed by atoms with Crippen LogP contribution in [0, 0.1) is 12.8 Å². The number of allylic oxidation sites excluding steroid dienone is 1. The summed E-state index contributed by atoms with van der Waals surface area (Å²) < 4.78 is 27.5. The monoisotopic (exact) mass is 437 g/mol. The Labute approximate surface area is 187 Å². The van der Waals surface area contributed by atoms with Crippen LogP contribution in [-0.2, 0) is 6.42 Å². The van der Waals surface area contributed by atoms with Crippen LogP contribution < -0.4 is 5.32 Å². The molecule has 0 aromatic carbocycles. The summed E-state index contributed by atoms with van der Waals surface area (Å²) in [4.78, 5) is 6.89. The summed E-state index contributed by atoms with van der Waals surface area (Å²) >= 11 is 0. The number of anilines is 1. The Hall–Kier alpha value is -3.06. The molecule has 0 atom stereocenters. The van der Waals surface area contributed by atoms with Gasteiger partial charge in [0.2, 0.25) is 6.43 Å². The molecule has 0 bridgehead atoms. The minimum absolute atomic E-state index is 0.321. The number of pyridine rings is 2. The molecule has 5 nitrogen and oxygen atoms in total. The van der Waals surface area contributed by atoms with E-state index in [2.05, 4.69) is 40.5 Å². The van der Waals surface area contributed by atoms with E-state index in [1.165, 1.54) is 6.20 Å². The van der Waals surface area contributed by atoms with Crippen LogP contribution in [0.3, 0.4) is 0 Å². The molecule has 3 aromatic heterocycles. The lowest BCUT2D eigenvalue weighted by Crippen LogP contribution is -2.31. The lowest BCUT2D eigenvalue weighted by atomic mass is 9.94. The Bertz CT molecular complexity index is 1140. The number of aryl methyl sites for hydroxylation is 1. The summed E-state index contributed by atoms with van der Waals surface area (Å²) in [7, 11) is 2.14. The maximum absolute atomic E-state index is 12.9. The second kappa shape index (κ2) is 9.20. The highest BCUT2D eigenvalue weighted by Gasteiger charge is 2.20. The number of nitrogens with zero attached hydrogens (tertiary/aromatic N) is 4. The van der Waals surface area contributed by atoms with Gasteiger partial charge >= 0.3 is 0 Å². The first-order valence-electron chi connectivity index (χ1n) is 10.9. The number of rotatable bonds is 7. The molecule has 0 aliphatic carbocycles. The largest absolute Gasteiger partial charge is 0.358 e. The minimum Gasteiger partial charge on any atom is -0.358 e. The molecule has 1 aliphatic rings. The number of alkyl halides is 2. The van der Waals surface area contributed by atoms with Crippen molar-refractivity contribution in [1.29, 1.82) is 0 Å². The number of fused-ring (bicyclic) bond motifs is 1. The van der Waals surface area contributed by atoms with Crippen molar-refractivity contribution in [3.63, 3.8) is 0 Å². The van der Waals surface area contributed by atoms with Gasteiger partial charge in [-0.25, -0.2) is 13.3 Å². The van der Waals surface area contributed by atoms with Crippen molar-refractivity contribution in [2.75, 3.05) is 25.5 Å². The van der Waals surface area contributed by atoms with Gasteiger partial charge in [-0.1, -0.05) is 13.2 Å². The van der Waals surface area contributed by atoms with Crippen LogP contribution in [0.25, 0.3) is 11.1 Å². The summed E-state index contributed by atoms with van der Waals surface area (Å²) in [5.74, 6) is 0.441. The molecular formula is C25H29F2N5. The van der Waals surface area contributed by atoms with E-state index >= 15 is 0 Å². The molecule has 0 saturated carbocycles. The van der Waals surface area contributed by atoms with E-state index in [9.17, 15) is 8.78 Å². The normalized spacial score (nSPS) is 15.4. The van der Waals surface area contributed by atoms with Crippen molar-refractivity contribution < 1.29 is 8.78 Å². The molecular weight excluding hydrogens is 408 g/mol. The average Bonchev–Trinajstić information content (AvgIpc) is 3.16. The van der Waals surface area contributed by atoms with Crippen molar-refractivity contribution >= 4 is 16.8 Å². The summed E-state index contributed by atoms with van der Waals surface area (Å²) in [5.41, 5.74) is 6.48. The number of halogens is 2. The third-order valence-corrected chi connectivity index (χ3v) is 6.25. The van der Waals surface area contributed by atoms with E-state index in [0.29, 0.717) is 17.0 Å². The molecule has 0 unspecified atom stereocenters. The van der Waals surface area contributed by atoms with Crippen LogP contribution in [0.5, 0.6) is 0 Å². The smallest absolute Gasteiger partial charge is 0.242 e. The SMILES string of the molecule is C=C(c1ccn2ncc(CC(F)F)c2c1)c1cc(NC(=C)C2CCN(C)CC2)cnc1C. The molecule has 3 aromatic rings. The van der Waals surface area contributed by atoms with Crippen LogP contribution >= 0.6 is 0 Å². The van der Waals surface area contributed by atoms with Crippen molar-refractivity contribution in [2.45, 2.75) is 32.6 Å². The molecule has 4 rings (SSSR count). The Morgan fingerprint density at radius 1 is 1.22 bits per heavy atom. The van der Waals surface area contributed by atoms with Crippen molar-refractivity contribution in [1.82, 2.24) is 19.5 Å². The lowest BCUT2D eigenvalue weighted by molar-refractivity contribution is 0.149. The lowest BCUT2D eigenvalue weighted by Gasteiger charge is -2.30. The van der Waals surface area contributed by atoms with Crippen molar-refractivity contribution in [3.8, 4) is 0 Å². The second-order valence-electron chi connectivity index (χ2n) is 8.57. The van der Waals surface area contributed by atoms with Gasteiger partial charge in [-0.3, -0.25) is 4.98 Å². The summed E-state index contributed by atoms with van der Waals surface area (Å²) in [6, 6.07) is 5.79. The summed E-state index contributed by atoms with van der Waals surface area (Å²) in [5, 5.41) is 7.62. The first-order valence-corrected chi connectivity index (χ1v) is 10.9. The topological polar surface area (TPSA) is 45.5 Å². The molecule has 1 saturated heterocycles. The molecule has 1 aliphatic heterocycles. The van der Waals surface area contributed by atoms with E-state index in [-0.39, 0.29) is 6.42 Å². The fourth-order valence-corrected chi connectivity index (χ4v) is 4.25. The molecule has 168 valence electrons. The van der Waals surface area contributed by atoms with Gasteiger partial charge in [0.1, 0.15) is 0 Å². The van der Waals surface area contributed by atoms with Crippen LogP contribution in [0.2, 0.25) is 0 Å². The average molecular weight is 438 g/mol. The minimum atomic E-state index is -2.42. The van der Waals surface area contributed by atoms with Gasteiger partial charge in [-0.2, -0.15) is 5.10 Å². The van der Waals surface area contributed by atoms with E-state index in [0.717, 1.165) is 59.7 Å². The van der Waals surface area contributed by atoms with Crippen LogP contribution in [-0.4, -0.2) is 46.1 Å². The number of nitrogens with one attached hydrogen (secondary N) is 1. The van der Waals surface area contributed by atoms with E-state index < -0.39 is 6.43 Å². The maximum Gasteiger partial charge on any atom is 0.242 e. The maximum atomic E-state index is 12.9. The van der Waals surface area contributed by atoms with Gasteiger partial charge in [0, 0.05) is 41.1 Å². The van der Waals surface area contributed by atoms with Crippen molar-refractivity contribution in [2.24, 2.45) is 5.92 Å². The molecule has 7 heteroatoms. The van der Waals surface area contributed by atoms with E-state index in [1.54, 1.807) is 10.7 Å². The molecule has 1 fully saturated rings. The Morgan fingerprint density at radius 3 is 2.69 bits per heavy atom. The van der Waals surface area contributed by atoms with Gasteiger partial charge in [0.05, 0.1) is 23.6 Å². The van der Waals surface area contributed by atoms with Gasteiger partial charge in [-0.05, 0) is 69.2 Å². The van der Waals surface area contributed by atoms with E-state index in [4.69, 9.17) is 0 Å². The van der Waals surface area contributed by atoms with Crippen LogP contribution in [0.1, 0.15) is 35.2 Å². The molecule has 0 spiro atoms. The fraction of sp³-hybridized carbons (Fsp3) is 0.360. The highest BCUT2D eigenvalue weighted by molar-refractivity contribution is 5.82.